The van der Waals surface area contributed by atoms with Gasteiger partial charge in [-0.15, -0.1) is 0 Å². The lowest BCUT2D eigenvalue weighted by Gasteiger charge is -2.10. The van der Waals surface area contributed by atoms with Gasteiger partial charge < -0.3 is 10.1 Å². The van der Waals surface area contributed by atoms with Crippen molar-refractivity contribution in [3.05, 3.63) is 64.7 Å². The van der Waals surface area contributed by atoms with Crippen LogP contribution in [0.2, 0.25) is 0 Å². The monoisotopic (exact) mass is 325 g/mol. The summed E-state index contributed by atoms with van der Waals surface area (Å²) in [5.41, 5.74) is 3.66. The van der Waals surface area contributed by atoms with Gasteiger partial charge in [0, 0.05) is 11.3 Å². The first-order chi connectivity index (χ1) is 11.5. The van der Waals surface area contributed by atoms with E-state index in [1.54, 1.807) is 24.3 Å². The SMILES string of the molecule is CCCCOC(=O)c1cccc(NC(=O)c2ccc(C)cc2C)c1. The van der Waals surface area contributed by atoms with E-state index in [0.717, 1.165) is 24.0 Å². The number of esters is 1. The topological polar surface area (TPSA) is 55.4 Å². The first-order valence-electron chi connectivity index (χ1n) is 8.17. The van der Waals surface area contributed by atoms with E-state index >= 15 is 0 Å². The molecule has 2 rings (SSSR count). The Hall–Kier alpha value is -2.62. The van der Waals surface area contributed by atoms with E-state index in [1.807, 2.05) is 39.0 Å². The Morgan fingerprint density at radius 3 is 2.58 bits per heavy atom. The van der Waals surface area contributed by atoms with E-state index in [-0.39, 0.29) is 11.9 Å². The van der Waals surface area contributed by atoms with Gasteiger partial charge in [-0.05, 0) is 50.1 Å². The Balaban J connectivity index is 2.08. The predicted molar refractivity (Wildman–Crippen MR) is 95.5 cm³/mol. The van der Waals surface area contributed by atoms with Crippen molar-refractivity contribution < 1.29 is 14.3 Å². The summed E-state index contributed by atoms with van der Waals surface area (Å²) in [7, 11) is 0. The molecule has 0 fully saturated rings. The fourth-order valence-electron chi connectivity index (χ4n) is 2.38. The molecule has 0 aliphatic rings. The molecule has 0 bridgehead atoms. The van der Waals surface area contributed by atoms with E-state index in [0.29, 0.717) is 23.4 Å². The van der Waals surface area contributed by atoms with Crippen molar-refractivity contribution in [3.63, 3.8) is 0 Å². The highest BCUT2D eigenvalue weighted by Gasteiger charge is 2.12. The maximum atomic E-state index is 12.4. The van der Waals surface area contributed by atoms with E-state index in [9.17, 15) is 9.59 Å². The van der Waals surface area contributed by atoms with Gasteiger partial charge in [0.15, 0.2) is 0 Å². The van der Waals surface area contributed by atoms with Crippen molar-refractivity contribution in [3.8, 4) is 0 Å². The van der Waals surface area contributed by atoms with Crippen LogP contribution < -0.4 is 5.32 Å². The standard InChI is InChI=1S/C20H23NO3/c1-4-5-11-24-20(23)16-7-6-8-17(13-16)21-19(22)18-10-9-14(2)12-15(18)3/h6-10,12-13H,4-5,11H2,1-3H3,(H,21,22). The minimum absolute atomic E-state index is 0.191. The fourth-order valence-corrected chi connectivity index (χ4v) is 2.38. The van der Waals surface area contributed by atoms with Gasteiger partial charge in [0.25, 0.3) is 5.91 Å². The smallest absolute Gasteiger partial charge is 0.338 e. The van der Waals surface area contributed by atoms with Crippen LogP contribution in [0.5, 0.6) is 0 Å². The summed E-state index contributed by atoms with van der Waals surface area (Å²) >= 11 is 0. The van der Waals surface area contributed by atoms with Crippen LogP contribution in [0.1, 0.15) is 51.6 Å². The number of nitrogens with one attached hydrogen (secondary N) is 1. The third-order valence-electron chi connectivity index (χ3n) is 3.71. The molecule has 1 N–H and O–H groups in total. The molecule has 24 heavy (non-hydrogen) atoms. The molecule has 0 aliphatic carbocycles. The van der Waals surface area contributed by atoms with Crippen molar-refractivity contribution in [1.82, 2.24) is 0 Å². The van der Waals surface area contributed by atoms with Gasteiger partial charge in [-0.1, -0.05) is 37.1 Å². The average Bonchev–Trinajstić information content (AvgIpc) is 2.55. The molecule has 0 unspecified atom stereocenters. The maximum Gasteiger partial charge on any atom is 0.338 e. The summed E-state index contributed by atoms with van der Waals surface area (Å²) in [6, 6.07) is 12.5. The Morgan fingerprint density at radius 2 is 1.88 bits per heavy atom. The molecule has 0 saturated carbocycles. The zero-order chi connectivity index (χ0) is 17.5. The minimum Gasteiger partial charge on any atom is -0.462 e. The summed E-state index contributed by atoms with van der Waals surface area (Å²) in [4.78, 5) is 24.4. The molecule has 0 atom stereocenters. The van der Waals surface area contributed by atoms with Crippen LogP contribution in [0.15, 0.2) is 42.5 Å². The molecule has 0 heterocycles. The number of ether oxygens (including phenoxy) is 1. The lowest BCUT2D eigenvalue weighted by atomic mass is 10.1. The molecule has 1 amide bonds. The third kappa shape index (κ3) is 4.69. The second-order valence-electron chi connectivity index (χ2n) is 5.84. The second kappa shape index (κ2) is 8.29. The Morgan fingerprint density at radius 1 is 1.08 bits per heavy atom. The summed E-state index contributed by atoms with van der Waals surface area (Å²) in [5.74, 6) is -0.560. The molecule has 0 spiro atoms. The molecule has 2 aromatic carbocycles. The number of hydrogen-bond acceptors (Lipinski definition) is 3. The molecule has 0 radical (unpaired) electrons. The zero-order valence-electron chi connectivity index (χ0n) is 14.4. The molecule has 0 saturated heterocycles. The summed E-state index contributed by atoms with van der Waals surface area (Å²) < 4.78 is 5.19. The highest BCUT2D eigenvalue weighted by Crippen LogP contribution is 2.16. The maximum absolute atomic E-state index is 12.4. The first-order valence-corrected chi connectivity index (χ1v) is 8.17. The second-order valence-corrected chi connectivity index (χ2v) is 5.84. The van der Waals surface area contributed by atoms with Crippen LogP contribution in [0.25, 0.3) is 0 Å². The number of unbranched alkanes of at least 4 members (excludes halogenated alkanes) is 1. The highest BCUT2D eigenvalue weighted by atomic mass is 16.5. The molecule has 2 aromatic rings. The third-order valence-corrected chi connectivity index (χ3v) is 3.71. The van der Waals surface area contributed by atoms with Crippen molar-refractivity contribution >= 4 is 17.6 Å². The Bertz CT molecular complexity index is 737. The van der Waals surface area contributed by atoms with Crippen molar-refractivity contribution in [2.24, 2.45) is 0 Å². The van der Waals surface area contributed by atoms with Gasteiger partial charge in [-0.2, -0.15) is 0 Å². The number of anilines is 1. The molecule has 0 aromatic heterocycles. The van der Waals surface area contributed by atoms with Crippen molar-refractivity contribution in [2.75, 3.05) is 11.9 Å². The zero-order valence-corrected chi connectivity index (χ0v) is 14.4. The molecule has 4 heteroatoms. The number of rotatable bonds is 6. The van der Waals surface area contributed by atoms with E-state index < -0.39 is 0 Å². The number of amides is 1. The van der Waals surface area contributed by atoms with Gasteiger partial charge in [-0.3, -0.25) is 4.79 Å². The van der Waals surface area contributed by atoms with E-state index in [2.05, 4.69) is 5.32 Å². The molecule has 0 aliphatic heterocycles. The van der Waals surface area contributed by atoms with Gasteiger partial charge in [0.1, 0.15) is 0 Å². The van der Waals surface area contributed by atoms with Gasteiger partial charge in [-0.25, -0.2) is 4.79 Å². The van der Waals surface area contributed by atoms with Crippen LogP contribution in [0.4, 0.5) is 5.69 Å². The van der Waals surface area contributed by atoms with Gasteiger partial charge in [0.2, 0.25) is 0 Å². The number of hydrogen-bond donors (Lipinski definition) is 1. The summed E-state index contributed by atoms with van der Waals surface area (Å²) in [6.45, 7) is 6.34. The van der Waals surface area contributed by atoms with Crippen LogP contribution in [0.3, 0.4) is 0 Å². The fraction of sp³-hybridized carbons (Fsp3) is 0.300. The van der Waals surface area contributed by atoms with Crippen LogP contribution >= 0.6 is 0 Å². The summed E-state index contributed by atoms with van der Waals surface area (Å²) in [5, 5.41) is 2.83. The molecule has 4 nitrogen and oxygen atoms in total. The van der Waals surface area contributed by atoms with E-state index in [1.165, 1.54) is 0 Å². The molecular weight excluding hydrogens is 302 g/mol. The van der Waals surface area contributed by atoms with E-state index in [4.69, 9.17) is 4.74 Å². The number of carbonyl (C=O) groups is 2. The normalized spacial score (nSPS) is 10.3. The van der Waals surface area contributed by atoms with Crippen molar-refractivity contribution in [2.45, 2.75) is 33.6 Å². The quantitative estimate of drug-likeness (QED) is 0.628. The Kier molecular flexibility index (Phi) is 6.13. The first kappa shape index (κ1) is 17.7. The molecular formula is C20H23NO3. The summed E-state index contributed by atoms with van der Waals surface area (Å²) in [6.07, 6.45) is 1.81. The Labute approximate surface area is 142 Å². The van der Waals surface area contributed by atoms with Gasteiger partial charge >= 0.3 is 5.97 Å². The lowest BCUT2D eigenvalue weighted by molar-refractivity contribution is 0.0499. The highest BCUT2D eigenvalue weighted by molar-refractivity contribution is 6.05. The minimum atomic E-state index is -0.369. The number of aryl methyl sites for hydroxylation is 2. The number of carbonyl (C=O) groups excluding carboxylic acids is 2. The average molecular weight is 325 g/mol. The number of benzene rings is 2. The lowest BCUT2D eigenvalue weighted by Crippen LogP contribution is -2.14. The van der Waals surface area contributed by atoms with Crippen molar-refractivity contribution in [1.29, 1.82) is 0 Å². The van der Waals surface area contributed by atoms with Crippen LogP contribution in [-0.2, 0) is 4.74 Å². The van der Waals surface area contributed by atoms with Gasteiger partial charge in [0.05, 0.1) is 12.2 Å². The predicted octanol–water partition coefficient (Wildman–Crippen LogP) is 4.51. The molecule has 126 valence electrons. The van der Waals surface area contributed by atoms with Crippen LogP contribution in [-0.4, -0.2) is 18.5 Å². The van der Waals surface area contributed by atoms with Crippen LogP contribution in [0, 0.1) is 13.8 Å². The largest absolute Gasteiger partial charge is 0.462 e.